The fourth-order valence-electron chi connectivity index (χ4n) is 2.51. The summed E-state index contributed by atoms with van der Waals surface area (Å²) in [6.45, 7) is 2.79. The molecule has 0 bridgehead atoms. The molecule has 5 nitrogen and oxygen atoms in total. The van der Waals surface area contributed by atoms with Crippen molar-refractivity contribution in [3.05, 3.63) is 45.9 Å². The molecule has 1 fully saturated rings. The molecular formula is C17H14N4OS. The van der Waals surface area contributed by atoms with Crippen molar-refractivity contribution in [2.75, 3.05) is 31.1 Å². The van der Waals surface area contributed by atoms with Gasteiger partial charge in [-0.25, -0.2) is 4.98 Å². The van der Waals surface area contributed by atoms with E-state index in [0.717, 1.165) is 18.8 Å². The van der Waals surface area contributed by atoms with Crippen molar-refractivity contribution in [3.63, 3.8) is 0 Å². The van der Waals surface area contributed by atoms with Gasteiger partial charge in [0.2, 0.25) is 0 Å². The Balaban J connectivity index is 1.62. The summed E-state index contributed by atoms with van der Waals surface area (Å²) in [5.41, 5.74) is 2.14. The minimum atomic E-state index is -0.0674. The summed E-state index contributed by atoms with van der Waals surface area (Å²) in [5, 5.41) is 11.1. The Morgan fingerprint density at radius 3 is 2.48 bits per heavy atom. The van der Waals surface area contributed by atoms with Gasteiger partial charge >= 0.3 is 0 Å². The number of anilines is 1. The molecule has 1 saturated heterocycles. The third-order valence-corrected chi connectivity index (χ3v) is 4.55. The zero-order valence-corrected chi connectivity index (χ0v) is 13.2. The molecule has 114 valence electrons. The zero-order valence-electron chi connectivity index (χ0n) is 12.4. The number of thiazole rings is 1. The fraction of sp³-hybridized carbons (Fsp3) is 0.235. The summed E-state index contributed by atoms with van der Waals surface area (Å²) in [6, 6.07) is 9.61. The quantitative estimate of drug-likeness (QED) is 0.793. The van der Waals surface area contributed by atoms with Crippen LogP contribution in [-0.2, 0) is 0 Å². The smallest absolute Gasteiger partial charge is 0.273 e. The van der Waals surface area contributed by atoms with Crippen LogP contribution in [0.1, 0.15) is 21.1 Å². The minimum absolute atomic E-state index is 0.0674. The number of terminal acetylenes is 1. The van der Waals surface area contributed by atoms with Crippen LogP contribution < -0.4 is 4.90 Å². The Morgan fingerprint density at radius 2 is 1.91 bits per heavy atom. The van der Waals surface area contributed by atoms with Gasteiger partial charge in [-0.05, 0) is 30.2 Å². The third kappa shape index (κ3) is 3.18. The Kier molecular flexibility index (Phi) is 4.27. The number of piperazine rings is 1. The molecule has 0 saturated carbocycles. The Hall–Kier alpha value is -2.83. The van der Waals surface area contributed by atoms with Gasteiger partial charge in [-0.3, -0.25) is 4.79 Å². The number of aromatic nitrogens is 1. The average molecular weight is 322 g/mol. The maximum Gasteiger partial charge on any atom is 0.273 e. The number of benzene rings is 1. The van der Waals surface area contributed by atoms with Crippen molar-refractivity contribution in [1.82, 2.24) is 9.88 Å². The van der Waals surface area contributed by atoms with Crippen molar-refractivity contribution in [3.8, 4) is 18.4 Å². The van der Waals surface area contributed by atoms with Gasteiger partial charge in [-0.15, -0.1) is 17.8 Å². The highest BCUT2D eigenvalue weighted by Gasteiger charge is 2.23. The minimum Gasteiger partial charge on any atom is -0.368 e. The highest BCUT2D eigenvalue weighted by atomic mass is 32.1. The van der Waals surface area contributed by atoms with Gasteiger partial charge in [-0.1, -0.05) is 0 Å². The van der Waals surface area contributed by atoms with E-state index >= 15 is 0 Å². The Morgan fingerprint density at radius 1 is 1.22 bits per heavy atom. The molecule has 3 rings (SSSR count). The topological polar surface area (TPSA) is 60.2 Å². The van der Waals surface area contributed by atoms with Gasteiger partial charge in [0.15, 0.2) is 5.01 Å². The standard InChI is InChI=1S/C17H14N4OS/c1-2-16-19-15(12-23-16)17(22)21-9-7-20(8-10-21)14-5-3-13(11-18)4-6-14/h1,3-6,12H,7-10H2. The van der Waals surface area contributed by atoms with Gasteiger partial charge in [0, 0.05) is 37.2 Å². The van der Waals surface area contributed by atoms with Crippen LogP contribution in [0.25, 0.3) is 0 Å². The fourth-order valence-corrected chi connectivity index (χ4v) is 3.11. The van der Waals surface area contributed by atoms with Gasteiger partial charge < -0.3 is 9.80 Å². The molecule has 1 aliphatic heterocycles. The Bertz CT molecular complexity index is 789. The lowest BCUT2D eigenvalue weighted by Gasteiger charge is -2.35. The summed E-state index contributed by atoms with van der Waals surface area (Å²) < 4.78 is 0. The third-order valence-electron chi connectivity index (χ3n) is 3.78. The molecule has 2 heterocycles. The molecule has 0 atom stereocenters. The summed E-state index contributed by atoms with van der Waals surface area (Å²) in [7, 11) is 0. The van der Waals surface area contributed by atoms with E-state index < -0.39 is 0 Å². The number of nitrogens with zero attached hydrogens (tertiary/aromatic N) is 4. The molecule has 2 aromatic rings. The molecule has 0 radical (unpaired) electrons. The van der Waals surface area contributed by atoms with E-state index in [1.807, 2.05) is 24.3 Å². The predicted molar refractivity (Wildman–Crippen MR) is 89.3 cm³/mol. The van der Waals surface area contributed by atoms with Gasteiger partial charge in [-0.2, -0.15) is 5.26 Å². The van der Waals surface area contributed by atoms with E-state index in [0.29, 0.717) is 29.4 Å². The first kappa shape index (κ1) is 15.1. The van der Waals surface area contributed by atoms with Crippen LogP contribution in [0.15, 0.2) is 29.6 Å². The van der Waals surface area contributed by atoms with Crippen molar-refractivity contribution in [1.29, 1.82) is 5.26 Å². The van der Waals surface area contributed by atoms with Crippen LogP contribution in [-0.4, -0.2) is 42.0 Å². The summed E-state index contributed by atoms with van der Waals surface area (Å²) in [6.07, 6.45) is 5.29. The van der Waals surface area contributed by atoms with Gasteiger partial charge in [0.1, 0.15) is 5.69 Å². The molecule has 0 N–H and O–H groups in total. The summed E-state index contributed by atoms with van der Waals surface area (Å²) in [5.74, 6) is 2.38. The van der Waals surface area contributed by atoms with E-state index in [1.54, 1.807) is 10.3 Å². The monoisotopic (exact) mass is 322 g/mol. The molecule has 0 spiro atoms. The summed E-state index contributed by atoms with van der Waals surface area (Å²) >= 11 is 1.31. The van der Waals surface area contributed by atoms with E-state index in [9.17, 15) is 4.79 Å². The van der Waals surface area contributed by atoms with E-state index in [-0.39, 0.29) is 5.91 Å². The zero-order chi connectivity index (χ0) is 16.2. The summed E-state index contributed by atoms with van der Waals surface area (Å²) in [4.78, 5) is 20.6. The lowest BCUT2D eigenvalue weighted by Crippen LogP contribution is -2.48. The van der Waals surface area contributed by atoms with Crippen LogP contribution in [0.3, 0.4) is 0 Å². The SMILES string of the molecule is C#Cc1nc(C(=O)N2CCN(c3ccc(C#N)cc3)CC2)cs1. The number of amides is 1. The number of hydrogen-bond acceptors (Lipinski definition) is 5. The van der Waals surface area contributed by atoms with Crippen LogP contribution >= 0.6 is 11.3 Å². The lowest BCUT2D eigenvalue weighted by molar-refractivity contribution is 0.0741. The number of hydrogen-bond donors (Lipinski definition) is 0. The molecule has 6 heteroatoms. The van der Waals surface area contributed by atoms with Crippen LogP contribution in [0, 0.1) is 23.7 Å². The van der Waals surface area contributed by atoms with E-state index in [2.05, 4.69) is 21.9 Å². The number of nitriles is 1. The van der Waals surface area contributed by atoms with Crippen molar-refractivity contribution < 1.29 is 4.79 Å². The van der Waals surface area contributed by atoms with Crippen LogP contribution in [0.2, 0.25) is 0 Å². The number of carbonyl (C=O) groups excluding carboxylic acids is 1. The molecular weight excluding hydrogens is 308 g/mol. The first-order valence-electron chi connectivity index (χ1n) is 7.18. The number of carbonyl (C=O) groups is 1. The second-order valence-electron chi connectivity index (χ2n) is 5.12. The average Bonchev–Trinajstić information content (AvgIpc) is 3.10. The molecule has 0 aliphatic carbocycles. The second-order valence-corrected chi connectivity index (χ2v) is 5.98. The molecule has 1 aromatic carbocycles. The maximum absolute atomic E-state index is 12.4. The normalized spacial score (nSPS) is 14.2. The molecule has 23 heavy (non-hydrogen) atoms. The molecule has 1 aromatic heterocycles. The first-order valence-corrected chi connectivity index (χ1v) is 8.06. The van der Waals surface area contributed by atoms with Crippen LogP contribution in [0.4, 0.5) is 5.69 Å². The van der Waals surface area contributed by atoms with E-state index in [1.165, 1.54) is 11.3 Å². The molecule has 1 amide bonds. The maximum atomic E-state index is 12.4. The highest BCUT2D eigenvalue weighted by molar-refractivity contribution is 7.10. The largest absolute Gasteiger partial charge is 0.368 e. The lowest BCUT2D eigenvalue weighted by atomic mass is 10.2. The van der Waals surface area contributed by atoms with Crippen molar-refractivity contribution in [2.24, 2.45) is 0 Å². The van der Waals surface area contributed by atoms with Crippen molar-refractivity contribution >= 4 is 22.9 Å². The Labute approximate surface area is 138 Å². The molecule has 1 aliphatic rings. The first-order chi connectivity index (χ1) is 11.2. The van der Waals surface area contributed by atoms with E-state index in [4.69, 9.17) is 11.7 Å². The predicted octanol–water partition coefficient (Wildman–Crippen LogP) is 1.96. The molecule has 0 unspecified atom stereocenters. The second kappa shape index (κ2) is 6.51. The number of rotatable bonds is 2. The van der Waals surface area contributed by atoms with Gasteiger partial charge in [0.25, 0.3) is 5.91 Å². The van der Waals surface area contributed by atoms with Crippen LogP contribution in [0.5, 0.6) is 0 Å². The van der Waals surface area contributed by atoms with Crippen molar-refractivity contribution in [2.45, 2.75) is 0 Å². The van der Waals surface area contributed by atoms with Gasteiger partial charge in [0.05, 0.1) is 11.6 Å². The highest BCUT2D eigenvalue weighted by Crippen LogP contribution is 2.18.